The van der Waals surface area contributed by atoms with Crippen molar-refractivity contribution < 1.29 is 9.53 Å². The second-order valence-electron chi connectivity index (χ2n) is 8.78. The van der Waals surface area contributed by atoms with Gasteiger partial charge < -0.3 is 4.74 Å². The lowest BCUT2D eigenvalue weighted by molar-refractivity contribution is -0.124. The summed E-state index contributed by atoms with van der Waals surface area (Å²) in [4.78, 5) is 34.9. The molecule has 1 aliphatic heterocycles. The molecule has 0 radical (unpaired) electrons. The third-order valence-electron chi connectivity index (χ3n) is 5.54. The van der Waals surface area contributed by atoms with Crippen molar-refractivity contribution in [2.75, 3.05) is 18.2 Å². The van der Waals surface area contributed by atoms with Crippen LogP contribution in [0.5, 0.6) is 0 Å². The van der Waals surface area contributed by atoms with E-state index in [0.717, 1.165) is 22.9 Å². The zero-order valence-corrected chi connectivity index (χ0v) is 17.4. The maximum atomic E-state index is 13.5. The van der Waals surface area contributed by atoms with Gasteiger partial charge in [-0.1, -0.05) is 25.7 Å². The molecule has 146 valence electrons. The van der Waals surface area contributed by atoms with Crippen molar-refractivity contribution in [2.45, 2.75) is 43.9 Å². The lowest BCUT2D eigenvalue weighted by Gasteiger charge is -2.23. The Morgan fingerprint density at radius 1 is 1.29 bits per heavy atom. The van der Waals surface area contributed by atoms with E-state index >= 15 is 0 Å². The number of anilines is 1. The molecule has 0 saturated carbocycles. The highest BCUT2D eigenvalue weighted by molar-refractivity contribution is 6.76. The van der Waals surface area contributed by atoms with Gasteiger partial charge in [-0.3, -0.25) is 14.7 Å². The van der Waals surface area contributed by atoms with Crippen LogP contribution in [-0.2, 0) is 27.8 Å². The van der Waals surface area contributed by atoms with E-state index in [1.54, 1.807) is 17.2 Å². The molecule has 0 N–H and O–H groups in total. The Hall–Kier alpha value is -2.45. The molecule has 3 heterocycles. The van der Waals surface area contributed by atoms with Crippen LogP contribution in [0.4, 0.5) is 11.5 Å². The van der Waals surface area contributed by atoms with Gasteiger partial charge in [-0.25, -0.2) is 4.98 Å². The molecule has 1 unspecified atom stereocenters. The molecule has 1 atom stereocenters. The van der Waals surface area contributed by atoms with E-state index in [0.29, 0.717) is 31.0 Å². The van der Waals surface area contributed by atoms with Crippen molar-refractivity contribution in [1.29, 1.82) is 0 Å². The van der Waals surface area contributed by atoms with Gasteiger partial charge in [0.1, 0.15) is 18.2 Å². The lowest BCUT2D eigenvalue weighted by Crippen LogP contribution is -2.42. The number of carbonyl (C=O) groups is 1. The summed E-state index contributed by atoms with van der Waals surface area (Å²) in [6.45, 7) is 7.75. The summed E-state index contributed by atoms with van der Waals surface area (Å²) < 4.78 is 5.87. The van der Waals surface area contributed by atoms with Crippen LogP contribution in [0, 0.1) is 4.91 Å². The van der Waals surface area contributed by atoms with Crippen LogP contribution in [-0.4, -0.2) is 37.3 Å². The molecule has 0 bridgehead atoms. The molecule has 0 aromatic carbocycles. The molecule has 2 aromatic rings. The van der Waals surface area contributed by atoms with Gasteiger partial charge in [-0.15, -0.1) is 4.91 Å². The largest absolute Gasteiger partial charge is 0.361 e. The Labute approximate surface area is 165 Å². The van der Waals surface area contributed by atoms with Crippen molar-refractivity contribution in [2.24, 2.45) is 5.18 Å². The summed E-state index contributed by atoms with van der Waals surface area (Å²) >= 11 is 0. The molecule has 2 aliphatic rings. The number of hydrogen-bond donors (Lipinski definition) is 0. The smallest absolute Gasteiger partial charge is 0.241 e. The van der Waals surface area contributed by atoms with Crippen LogP contribution in [0.25, 0.3) is 0 Å². The van der Waals surface area contributed by atoms with E-state index in [1.165, 1.54) is 6.20 Å². The van der Waals surface area contributed by atoms with Crippen LogP contribution in [0.1, 0.15) is 16.8 Å². The fourth-order valence-corrected chi connectivity index (χ4v) is 4.77. The third kappa shape index (κ3) is 3.16. The van der Waals surface area contributed by atoms with E-state index in [4.69, 9.17) is 4.74 Å². The van der Waals surface area contributed by atoms with Gasteiger partial charge in [0, 0.05) is 38.6 Å². The summed E-state index contributed by atoms with van der Waals surface area (Å²) in [5.41, 5.74) is 2.23. The second kappa shape index (κ2) is 6.86. The number of nitrogens with zero attached hydrogens (tertiary/aromatic N) is 4. The SMILES string of the molecule is C[Si](C)(C)CCOCN1C(=O)C2(Cc3cc(N=O)cnc3C2)c2cccnc21. The molecule has 0 fully saturated rings. The Morgan fingerprint density at radius 2 is 2.11 bits per heavy atom. The summed E-state index contributed by atoms with van der Waals surface area (Å²) in [6.07, 6.45) is 4.17. The molecule has 7 nitrogen and oxygen atoms in total. The average Bonchev–Trinajstić information content (AvgIpc) is 3.15. The first-order valence-corrected chi connectivity index (χ1v) is 13.2. The molecule has 1 amide bonds. The zero-order chi connectivity index (χ0) is 19.9. The molecule has 1 aliphatic carbocycles. The zero-order valence-electron chi connectivity index (χ0n) is 16.4. The first kappa shape index (κ1) is 18.9. The number of carbonyl (C=O) groups excluding carboxylic acids is 1. The number of nitroso groups, excluding NO2 is 1. The minimum atomic E-state index is -1.19. The van der Waals surface area contributed by atoms with Crippen molar-refractivity contribution >= 4 is 25.5 Å². The van der Waals surface area contributed by atoms with Crippen molar-refractivity contribution in [3.8, 4) is 0 Å². The van der Waals surface area contributed by atoms with Gasteiger partial charge in [0.2, 0.25) is 5.91 Å². The number of rotatable bonds is 6. The summed E-state index contributed by atoms with van der Waals surface area (Å²) in [6, 6.07) is 6.61. The van der Waals surface area contributed by atoms with E-state index in [9.17, 15) is 9.70 Å². The first-order valence-electron chi connectivity index (χ1n) is 9.50. The molecular weight excluding hydrogens is 372 g/mol. The number of pyridine rings is 2. The highest BCUT2D eigenvalue weighted by Crippen LogP contribution is 2.48. The van der Waals surface area contributed by atoms with E-state index in [2.05, 4.69) is 34.8 Å². The van der Waals surface area contributed by atoms with Gasteiger partial charge in [0.05, 0.1) is 11.6 Å². The van der Waals surface area contributed by atoms with E-state index in [1.807, 2.05) is 12.1 Å². The predicted octanol–water partition coefficient (Wildman–Crippen LogP) is 3.57. The fourth-order valence-electron chi connectivity index (χ4n) is 4.01. The Balaban J connectivity index is 1.60. The molecule has 8 heteroatoms. The van der Waals surface area contributed by atoms with Crippen molar-refractivity contribution in [1.82, 2.24) is 9.97 Å². The number of amides is 1. The molecule has 28 heavy (non-hydrogen) atoms. The topological polar surface area (TPSA) is 84.8 Å². The van der Waals surface area contributed by atoms with Crippen LogP contribution < -0.4 is 4.90 Å². The number of fused-ring (bicyclic) bond motifs is 3. The minimum Gasteiger partial charge on any atom is -0.361 e. The number of hydrogen-bond acceptors (Lipinski definition) is 6. The maximum absolute atomic E-state index is 13.5. The van der Waals surface area contributed by atoms with E-state index in [-0.39, 0.29) is 12.6 Å². The second-order valence-corrected chi connectivity index (χ2v) is 14.4. The van der Waals surface area contributed by atoms with Gasteiger partial charge >= 0.3 is 0 Å². The van der Waals surface area contributed by atoms with Crippen LogP contribution >= 0.6 is 0 Å². The number of aromatic nitrogens is 2. The van der Waals surface area contributed by atoms with E-state index < -0.39 is 13.5 Å². The monoisotopic (exact) mass is 396 g/mol. The highest BCUT2D eigenvalue weighted by atomic mass is 28.3. The first-order chi connectivity index (χ1) is 13.3. The summed E-state index contributed by atoms with van der Waals surface area (Å²) in [7, 11) is -1.19. The fraction of sp³-hybridized carbons (Fsp3) is 0.450. The standard InChI is InChI=1S/C20H24N4O3Si/c1-28(2,3)8-7-27-13-24-18-16(5-4-6-21-18)20(19(24)25)10-14-9-15(23-26)12-22-17(14)11-20/h4-6,9,12H,7-8,10-11,13H2,1-3H3. The lowest BCUT2D eigenvalue weighted by atomic mass is 9.80. The summed E-state index contributed by atoms with van der Waals surface area (Å²) in [5.74, 6) is 0.662. The van der Waals surface area contributed by atoms with Gasteiger partial charge in [0.25, 0.3) is 0 Å². The predicted molar refractivity (Wildman–Crippen MR) is 109 cm³/mol. The minimum absolute atomic E-state index is 0.00665. The average molecular weight is 397 g/mol. The van der Waals surface area contributed by atoms with Crippen LogP contribution in [0.15, 0.2) is 35.8 Å². The quantitative estimate of drug-likeness (QED) is 0.423. The Morgan fingerprint density at radius 3 is 2.86 bits per heavy atom. The Kier molecular flexibility index (Phi) is 4.63. The molecule has 1 spiro atoms. The van der Waals surface area contributed by atoms with Gasteiger partial charge in [0.15, 0.2) is 0 Å². The van der Waals surface area contributed by atoms with Crippen LogP contribution in [0.3, 0.4) is 0 Å². The maximum Gasteiger partial charge on any atom is 0.241 e. The van der Waals surface area contributed by atoms with Crippen molar-refractivity contribution in [3.05, 3.63) is 52.3 Å². The van der Waals surface area contributed by atoms with Crippen LogP contribution in [0.2, 0.25) is 25.7 Å². The Bertz CT molecular complexity index is 943. The normalized spacial score (nSPS) is 20.5. The molecule has 0 saturated heterocycles. The molecule has 2 aromatic heterocycles. The highest BCUT2D eigenvalue weighted by Gasteiger charge is 2.55. The molecular formula is C20H24N4O3Si. The summed E-state index contributed by atoms with van der Waals surface area (Å²) in [5, 5.41) is 2.97. The van der Waals surface area contributed by atoms with Gasteiger partial charge in [-0.05, 0) is 35.3 Å². The molecule has 4 rings (SSSR count). The number of ether oxygens (including phenoxy) is 1. The van der Waals surface area contributed by atoms with Gasteiger partial charge in [-0.2, -0.15) is 0 Å². The third-order valence-corrected chi connectivity index (χ3v) is 7.25. The van der Waals surface area contributed by atoms with Crippen molar-refractivity contribution in [3.63, 3.8) is 0 Å².